The molecule has 1 fully saturated rings. The molecule has 3 heterocycles. The minimum Gasteiger partial charge on any atom is -0.461 e. The van der Waals surface area contributed by atoms with Crippen LogP contribution in [0.15, 0.2) is 22.7 Å². The van der Waals surface area contributed by atoms with Crippen molar-refractivity contribution in [3.63, 3.8) is 0 Å². The highest BCUT2D eigenvalue weighted by atomic mass is 35.5. The van der Waals surface area contributed by atoms with E-state index >= 15 is 0 Å². The topological polar surface area (TPSA) is 84.6 Å². The number of halogens is 1. The average Bonchev–Trinajstić information content (AvgIpc) is 3.13. The second-order valence-electron chi connectivity index (χ2n) is 6.93. The molecule has 8 nitrogen and oxygen atoms in total. The monoisotopic (exact) mass is 415 g/mol. The molecule has 1 aliphatic rings. The normalized spacial score (nSPS) is 14.5. The van der Waals surface area contributed by atoms with Crippen molar-refractivity contribution in [1.82, 2.24) is 15.1 Å². The predicted octanol–water partition coefficient (Wildman–Crippen LogP) is 3.39. The maximum Gasteiger partial charge on any atom is 0.361 e. The first-order chi connectivity index (χ1) is 14.0. The fourth-order valence-corrected chi connectivity index (χ4v) is 3.76. The zero-order valence-electron chi connectivity index (χ0n) is 16.6. The molecule has 0 aliphatic carbocycles. The molecule has 9 heteroatoms. The number of nitrogens with zero attached hydrogens (tertiary/aromatic N) is 5. The first-order valence-corrected chi connectivity index (χ1v) is 9.93. The Balaban J connectivity index is 1.63. The van der Waals surface area contributed by atoms with E-state index in [2.05, 4.69) is 31.8 Å². The van der Waals surface area contributed by atoms with Gasteiger partial charge in [0.1, 0.15) is 17.0 Å². The molecular weight excluding hydrogens is 394 g/mol. The highest BCUT2D eigenvalue weighted by Crippen LogP contribution is 2.30. The van der Waals surface area contributed by atoms with E-state index in [0.717, 1.165) is 36.9 Å². The zero-order chi connectivity index (χ0) is 20.5. The van der Waals surface area contributed by atoms with Crippen LogP contribution in [0, 0.1) is 13.8 Å². The molecule has 1 aliphatic heterocycles. The number of piperazine rings is 1. The summed E-state index contributed by atoms with van der Waals surface area (Å²) in [6, 6.07) is 5.93. The van der Waals surface area contributed by atoms with Gasteiger partial charge < -0.3 is 19.1 Å². The molecule has 0 atom stereocenters. The molecule has 0 bridgehead atoms. The Hall–Kier alpha value is -2.87. The van der Waals surface area contributed by atoms with Crippen LogP contribution in [0.2, 0.25) is 5.02 Å². The van der Waals surface area contributed by atoms with Crippen LogP contribution in [-0.2, 0) is 4.74 Å². The second kappa shape index (κ2) is 7.87. The number of carbonyl (C=O) groups is 1. The fourth-order valence-electron chi connectivity index (χ4n) is 3.59. The summed E-state index contributed by atoms with van der Waals surface area (Å²) in [5, 5.41) is 5.12. The van der Waals surface area contributed by atoms with E-state index in [-0.39, 0.29) is 12.3 Å². The largest absolute Gasteiger partial charge is 0.461 e. The SMILES string of the molecule is CCOC(=O)c1noc2nc(C)nc(N3CCN(c4cc(Cl)ccc4C)CC3)c12. The molecule has 152 valence electrons. The maximum absolute atomic E-state index is 12.3. The van der Waals surface area contributed by atoms with E-state index in [1.807, 2.05) is 18.2 Å². The third kappa shape index (κ3) is 3.72. The summed E-state index contributed by atoms with van der Waals surface area (Å²) in [5.74, 6) is 0.680. The molecule has 1 saturated heterocycles. The average molecular weight is 416 g/mol. The van der Waals surface area contributed by atoms with E-state index in [1.54, 1.807) is 13.8 Å². The molecule has 0 amide bonds. The van der Waals surface area contributed by atoms with E-state index in [1.165, 1.54) is 5.56 Å². The number of hydrogen-bond acceptors (Lipinski definition) is 8. The lowest BCUT2D eigenvalue weighted by Gasteiger charge is -2.37. The first kappa shape index (κ1) is 19.4. The number of esters is 1. The van der Waals surface area contributed by atoms with Crippen molar-refractivity contribution < 1.29 is 14.1 Å². The van der Waals surface area contributed by atoms with Crippen LogP contribution in [0.5, 0.6) is 0 Å². The molecule has 1 aromatic carbocycles. The quantitative estimate of drug-likeness (QED) is 0.599. The molecule has 4 rings (SSSR count). The fraction of sp³-hybridized carbons (Fsp3) is 0.400. The van der Waals surface area contributed by atoms with Crippen molar-refractivity contribution in [3.05, 3.63) is 40.3 Å². The number of rotatable bonds is 4. The van der Waals surface area contributed by atoms with Crippen LogP contribution in [0.3, 0.4) is 0 Å². The van der Waals surface area contributed by atoms with Gasteiger partial charge in [0.15, 0.2) is 0 Å². The Labute approximate surface area is 173 Å². The molecule has 2 aromatic heterocycles. The van der Waals surface area contributed by atoms with Gasteiger partial charge in [-0.2, -0.15) is 4.98 Å². The smallest absolute Gasteiger partial charge is 0.361 e. The summed E-state index contributed by atoms with van der Waals surface area (Å²) < 4.78 is 10.4. The number of ether oxygens (including phenoxy) is 1. The lowest BCUT2D eigenvalue weighted by molar-refractivity contribution is 0.0517. The van der Waals surface area contributed by atoms with Gasteiger partial charge in [0.2, 0.25) is 5.69 Å². The molecule has 0 N–H and O–H groups in total. The summed E-state index contributed by atoms with van der Waals surface area (Å²) >= 11 is 6.19. The van der Waals surface area contributed by atoms with E-state index in [0.29, 0.717) is 22.7 Å². The summed E-state index contributed by atoms with van der Waals surface area (Å²) in [6.07, 6.45) is 0. The van der Waals surface area contributed by atoms with E-state index < -0.39 is 5.97 Å². The van der Waals surface area contributed by atoms with Crippen molar-refractivity contribution in [3.8, 4) is 0 Å². The van der Waals surface area contributed by atoms with Gasteiger partial charge in [-0.3, -0.25) is 0 Å². The Kier molecular flexibility index (Phi) is 5.27. The molecular formula is C20H22ClN5O3. The van der Waals surface area contributed by atoms with Gasteiger partial charge in [0.05, 0.1) is 6.61 Å². The van der Waals surface area contributed by atoms with Gasteiger partial charge in [-0.15, -0.1) is 0 Å². The van der Waals surface area contributed by atoms with Crippen molar-refractivity contribution in [2.45, 2.75) is 20.8 Å². The van der Waals surface area contributed by atoms with Gasteiger partial charge >= 0.3 is 5.97 Å². The molecule has 0 saturated carbocycles. The minimum atomic E-state index is -0.534. The molecule has 0 unspecified atom stereocenters. The summed E-state index contributed by atoms with van der Waals surface area (Å²) in [6.45, 7) is 8.93. The molecule has 0 spiro atoms. The Bertz CT molecular complexity index is 1060. The van der Waals surface area contributed by atoms with Crippen LogP contribution < -0.4 is 9.80 Å². The number of fused-ring (bicyclic) bond motifs is 1. The summed E-state index contributed by atoms with van der Waals surface area (Å²) in [7, 11) is 0. The highest BCUT2D eigenvalue weighted by molar-refractivity contribution is 6.30. The van der Waals surface area contributed by atoms with Crippen molar-refractivity contribution in [1.29, 1.82) is 0 Å². The van der Waals surface area contributed by atoms with Crippen LogP contribution in [0.25, 0.3) is 11.1 Å². The van der Waals surface area contributed by atoms with Crippen LogP contribution in [0.4, 0.5) is 11.5 Å². The number of benzene rings is 1. The van der Waals surface area contributed by atoms with Gasteiger partial charge in [-0.1, -0.05) is 22.8 Å². The van der Waals surface area contributed by atoms with Gasteiger partial charge in [0, 0.05) is 36.9 Å². The minimum absolute atomic E-state index is 0.116. The lowest BCUT2D eigenvalue weighted by Crippen LogP contribution is -2.47. The van der Waals surface area contributed by atoms with E-state index in [4.69, 9.17) is 20.9 Å². The van der Waals surface area contributed by atoms with Gasteiger partial charge in [0.25, 0.3) is 5.71 Å². The Morgan fingerprint density at radius 2 is 1.90 bits per heavy atom. The number of aromatic nitrogens is 3. The number of anilines is 2. The zero-order valence-corrected chi connectivity index (χ0v) is 17.4. The third-order valence-corrected chi connectivity index (χ3v) is 5.22. The highest BCUT2D eigenvalue weighted by Gasteiger charge is 2.28. The molecule has 3 aromatic rings. The first-order valence-electron chi connectivity index (χ1n) is 9.55. The Morgan fingerprint density at radius 3 is 2.62 bits per heavy atom. The molecule has 29 heavy (non-hydrogen) atoms. The molecule has 0 radical (unpaired) electrons. The van der Waals surface area contributed by atoms with Crippen LogP contribution >= 0.6 is 11.6 Å². The Morgan fingerprint density at radius 1 is 1.17 bits per heavy atom. The third-order valence-electron chi connectivity index (χ3n) is 4.99. The van der Waals surface area contributed by atoms with Crippen LogP contribution in [0.1, 0.15) is 28.8 Å². The van der Waals surface area contributed by atoms with Crippen LogP contribution in [-0.4, -0.2) is 53.9 Å². The lowest BCUT2D eigenvalue weighted by atomic mass is 10.1. The van der Waals surface area contributed by atoms with Crippen molar-refractivity contribution in [2.24, 2.45) is 0 Å². The van der Waals surface area contributed by atoms with Gasteiger partial charge in [-0.25, -0.2) is 9.78 Å². The standard InChI is InChI=1S/C20H22ClN5O3/c1-4-28-20(27)17-16-18(22-13(3)23-19(16)29-24-17)26-9-7-25(8-10-26)15-11-14(21)6-5-12(15)2/h5-6,11H,4,7-10H2,1-3H3. The predicted molar refractivity (Wildman–Crippen MR) is 111 cm³/mol. The summed E-state index contributed by atoms with van der Waals surface area (Å²) in [5.41, 5.74) is 2.73. The second-order valence-corrected chi connectivity index (χ2v) is 7.37. The van der Waals surface area contributed by atoms with E-state index in [9.17, 15) is 4.79 Å². The summed E-state index contributed by atoms with van der Waals surface area (Å²) in [4.78, 5) is 25.6. The number of aryl methyl sites for hydroxylation is 2. The maximum atomic E-state index is 12.3. The van der Waals surface area contributed by atoms with Gasteiger partial charge in [-0.05, 0) is 38.5 Å². The number of carbonyl (C=O) groups excluding carboxylic acids is 1. The van der Waals surface area contributed by atoms with Crippen molar-refractivity contribution in [2.75, 3.05) is 42.6 Å². The number of hydrogen-bond donors (Lipinski definition) is 0. The van der Waals surface area contributed by atoms with Crippen molar-refractivity contribution >= 4 is 40.2 Å².